The number of hydrogen-bond donors (Lipinski definition) is 2. The molecule has 0 fully saturated rings. The third-order valence-electron chi connectivity index (χ3n) is 5.47. The number of aromatic nitrogens is 2. The highest BCUT2D eigenvalue weighted by Crippen LogP contribution is 2.36. The van der Waals surface area contributed by atoms with Gasteiger partial charge in [-0.05, 0) is 70.6 Å². The minimum absolute atomic E-state index is 0.343. The SMILES string of the molecule is COc1ccc(C=NNC(=O)c2cc(-c3ccc4c5c(cccc35)CC4)n[nH]2)cc1. The third-order valence-corrected chi connectivity index (χ3v) is 5.47. The van der Waals surface area contributed by atoms with E-state index in [1.165, 1.54) is 21.9 Å². The van der Waals surface area contributed by atoms with Gasteiger partial charge in [-0.15, -0.1) is 0 Å². The molecular formula is C24H20N4O2. The number of benzene rings is 3. The van der Waals surface area contributed by atoms with E-state index in [-0.39, 0.29) is 5.91 Å². The van der Waals surface area contributed by atoms with E-state index >= 15 is 0 Å². The van der Waals surface area contributed by atoms with Crippen molar-refractivity contribution < 1.29 is 9.53 Å². The first-order chi connectivity index (χ1) is 14.7. The van der Waals surface area contributed by atoms with Crippen LogP contribution in [-0.2, 0) is 12.8 Å². The van der Waals surface area contributed by atoms with Crippen molar-refractivity contribution in [2.75, 3.05) is 7.11 Å². The number of nitrogens with one attached hydrogen (secondary N) is 2. The second-order valence-corrected chi connectivity index (χ2v) is 7.25. The first-order valence-corrected chi connectivity index (χ1v) is 9.79. The number of methoxy groups -OCH3 is 1. The fourth-order valence-electron chi connectivity index (χ4n) is 3.96. The lowest BCUT2D eigenvalue weighted by molar-refractivity contribution is 0.0950. The van der Waals surface area contributed by atoms with Gasteiger partial charge in [0.25, 0.3) is 5.91 Å². The van der Waals surface area contributed by atoms with Crippen LogP contribution >= 0.6 is 0 Å². The minimum atomic E-state index is -0.343. The van der Waals surface area contributed by atoms with Gasteiger partial charge in [-0.1, -0.05) is 30.3 Å². The van der Waals surface area contributed by atoms with Gasteiger partial charge in [-0.2, -0.15) is 10.2 Å². The molecule has 4 aromatic rings. The Kier molecular flexibility index (Phi) is 4.52. The van der Waals surface area contributed by atoms with E-state index in [0.717, 1.165) is 35.4 Å². The normalized spacial score (nSPS) is 12.6. The van der Waals surface area contributed by atoms with Crippen LogP contribution in [0.3, 0.4) is 0 Å². The maximum atomic E-state index is 12.4. The average molecular weight is 396 g/mol. The standard InChI is InChI=1S/C24H20N4O2/c1-30-18-10-5-15(6-11-18)14-25-28-24(29)22-13-21(26-27-22)19-12-9-17-8-7-16-3-2-4-20(19)23(16)17/h2-6,9-14H,7-8H2,1H3,(H,26,27)(H,28,29). The molecule has 1 aliphatic rings. The number of nitrogens with zero attached hydrogens (tertiary/aromatic N) is 2. The second-order valence-electron chi connectivity index (χ2n) is 7.25. The van der Waals surface area contributed by atoms with Crippen LogP contribution in [0.1, 0.15) is 27.2 Å². The Morgan fingerprint density at radius 2 is 1.90 bits per heavy atom. The summed E-state index contributed by atoms with van der Waals surface area (Å²) in [5.74, 6) is 0.425. The first-order valence-electron chi connectivity index (χ1n) is 9.79. The second kappa shape index (κ2) is 7.48. The van der Waals surface area contributed by atoms with Crippen molar-refractivity contribution in [3.05, 3.63) is 83.0 Å². The summed E-state index contributed by atoms with van der Waals surface area (Å²) >= 11 is 0. The van der Waals surface area contributed by atoms with Crippen LogP contribution in [0, 0.1) is 0 Å². The van der Waals surface area contributed by atoms with Gasteiger partial charge in [0.2, 0.25) is 0 Å². The van der Waals surface area contributed by atoms with E-state index < -0.39 is 0 Å². The zero-order valence-corrected chi connectivity index (χ0v) is 16.5. The molecule has 1 aromatic heterocycles. The number of hydrazone groups is 1. The lowest BCUT2D eigenvalue weighted by atomic mass is 9.98. The Balaban J connectivity index is 1.35. The number of hydrogen-bond acceptors (Lipinski definition) is 4. The van der Waals surface area contributed by atoms with Crippen molar-refractivity contribution in [3.63, 3.8) is 0 Å². The lowest BCUT2D eigenvalue weighted by Gasteiger charge is -2.06. The third kappa shape index (κ3) is 3.22. The number of aryl methyl sites for hydroxylation is 2. The molecule has 3 aromatic carbocycles. The number of carbonyl (C=O) groups is 1. The first kappa shape index (κ1) is 18.1. The minimum Gasteiger partial charge on any atom is -0.497 e. The highest BCUT2D eigenvalue weighted by Gasteiger charge is 2.18. The van der Waals surface area contributed by atoms with Crippen LogP contribution in [0.2, 0.25) is 0 Å². The van der Waals surface area contributed by atoms with E-state index in [9.17, 15) is 4.79 Å². The van der Waals surface area contributed by atoms with Gasteiger partial charge >= 0.3 is 0 Å². The summed E-state index contributed by atoms with van der Waals surface area (Å²) in [6.45, 7) is 0. The Labute approximate surface area is 173 Å². The molecule has 1 aliphatic carbocycles. The molecule has 30 heavy (non-hydrogen) atoms. The molecule has 1 heterocycles. The maximum absolute atomic E-state index is 12.4. The summed E-state index contributed by atoms with van der Waals surface area (Å²) < 4.78 is 5.13. The molecule has 0 radical (unpaired) electrons. The molecule has 5 rings (SSSR count). The smallest absolute Gasteiger partial charge is 0.289 e. The molecule has 0 unspecified atom stereocenters. The number of H-pyrrole nitrogens is 1. The molecule has 6 nitrogen and oxygen atoms in total. The molecule has 0 saturated carbocycles. The fourth-order valence-corrected chi connectivity index (χ4v) is 3.96. The highest BCUT2D eigenvalue weighted by molar-refractivity contribution is 6.02. The van der Waals surface area contributed by atoms with Crippen molar-refractivity contribution in [1.29, 1.82) is 0 Å². The van der Waals surface area contributed by atoms with Crippen LogP contribution in [0.4, 0.5) is 0 Å². The molecule has 0 atom stereocenters. The van der Waals surface area contributed by atoms with Crippen molar-refractivity contribution in [3.8, 4) is 17.0 Å². The fraction of sp³-hybridized carbons (Fsp3) is 0.125. The summed E-state index contributed by atoms with van der Waals surface area (Å²) in [6, 6.07) is 19.8. The van der Waals surface area contributed by atoms with Gasteiger partial charge in [0, 0.05) is 5.56 Å². The summed E-state index contributed by atoms with van der Waals surface area (Å²) in [5.41, 5.74) is 8.28. The summed E-state index contributed by atoms with van der Waals surface area (Å²) in [5, 5.41) is 13.7. The van der Waals surface area contributed by atoms with E-state index in [1.54, 1.807) is 19.4 Å². The van der Waals surface area contributed by atoms with Crippen LogP contribution in [0.5, 0.6) is 5.75 Å². The van der Waals surface area contributed by atoms with Crippen molar-refractivity contribution in [2.24, 2.45) is 5.10 Å². The van der Waals surface area contributed by atoms with Gasteiger partial charge in [0.05, 0.1) is 19.0 Å². The molecule has 148 valence electrons. The van der Waals surface area contributed by atoms with Crippen LogP contribution in [0.15, 0.2) is 65.8 Å². The molecule has 6 heteroatoms. The number of carbonyl (C=O) groups excluding carboxylic acids is 1. The van der Waals surface area contributed by atoms with Gasteiger partial charge < -0.3 is 4.74 Å². The predicted octanol–water partition coefficient (Wildman–Crippen LogP) is 4.10. The Hall–Kier alpha value is -3.93. The number of ether oxygens (including phenoxy) is 1. The van der Waals surface area contributed by atoms with Crippen molar-refractivity contribution >= 4 is 22.9 Å². The van der Waals surface area contributed by atoms with E-state index in [1.807, 2.05) is 24.3 Å². The topological polar surface area (TPSA) is 79.4 Å². The van der Waals surface area contributed by atoms with Gasteiger partial charge in [-0.3, -0.25) is 9.89 Å². The Bertz CT molecular complexity index is 1260. The highest BCUT2D eigenvalue weighted by atomic mass is 16.5. The quantitative estimate of drug-likeness (QED) is 0.394. The zero-order valence-electron chi connectivity index (χ0n) is 16.5. The van der Waals surface area contributed by atoms with E-state index in [0.29, 0.717) is 5.69 Å². The van der Waals surface area contributed by atoms with Crippen molar-refractivity contribution in [2.45, 2.75) is 12.8 Å². The molecule has 0 saturated heterocycles. The average Bonchev–Trinajstić information content (AvgIpc) is 3.43. The van der Waals surface area contributed by atoms with Gasteiger partial charge in [0.15, 0.2) is 0 Å². The van der Waals surface area contributed by atoms with Gasteiger partial charge in [0.1, 0.15) is 11.4 Å². The Morgan fingerprint density at radius 1 is 1.10 bits per heavy atom. The van der Waals surface area contributed by atoms with Crippen molar-refractivity contribution in [1.82, 2.24) is 15.6 Å². The molecule has 0 spiro atoms. The van der Waals surface area contributed by atoms with Gasteiger partial charge in [-0.25, -0.2) is 5.43 Å². The largest absolute Gasteiger partial charge is 0.497 e. The van der Waals surface area contributed by atoms with Crippen LogP contribution in [-0.4, -0.2) is 29.4 Å². The summed E-state index contributed by atoms with van der Waals surface area (Å²) in [6.07, 6.45) is 3.74. The molecule has 1 amide bonds. The number of rotatable bonds is 5. The molecular weight excluding hydrogens is 376 g/mol. The zero-order chi connectivity index (χ0) is 20.5. The Morgan fingerprint density at radius 3 is 2.70 bits per heavy atom. The number of amides is 1. The number of aromatic amines is 1. The maximum Gasteiger partial charge on any atom is 0.289 e. The van der Waals surface area contributed by atoms with Crippen LogP contribution in [0.25, 0.3) is 22.0 Å². The van der Waals surface area contributed by atoms with E-state index in [4.69, 9.17) is 4.74 Å². The monoisotopic (exact) mass is 396 g/mol. The van der Waals surface area contributed by atoms with Crippen LogP contribution < -0.4 is 10.2 Å². The predicted molar refractivity (Wildman–Crippen MR) is 117 cm³/mol. The molecule has 2 N–H and O–H groups in total. The van der Waals surface area contributed by atoms with E-state index in [2.05, 4.69) is 51.1 Å². The molecule has 0 aliphatic heterocycles. The lowest BCUT2D eigenvalue weighted by Crippen LogP contribution is -2.17. The summed E-state index contributed by atoms with van der Waals surface area (Å²) in [4.78, 5) is 12.4. The molecule has 0 bridgehead atoms. The summed E-state index contributed by atoms with van der Waals surface area (Å²) in [7, 11) is 1.62.